The van der Waals surface area contributed by atoms with E-state index in [1.54, 1.807) is 6.07 Å². The molecule has 2 heterocycles. The molecule has 0 radical (unpaired) electrons. The number of aryl methyl sites for hydroxylation is 1. The Morgan fingerprint density at radius 2 is 2.15 bits per heavy atom. The van der Waals surface area contributed by atoms with Gasteiger partial charge in [0.15, 0.2) is 5.82 Å². The van der Waals surface area contributed by atoms with E-state index in [-0.39, 0.29) is 5.91 Å². The minimum absolute atomic E-state index is 0.200. The summed E-state index contributed by atoms with van der Waals surface area (Å²) in [7, 11) is 3.88. The molecule has 0 atom stereocenters. The molecule has 26 heavy (non-hydrogen) atoms. The number of rotatable bonds is 5. The van der Waals surface area contributed by atoms with Crippen LogP contribution in [0.15, 0.2) is 30.3 Å². The molecular weight excluding hydrogens is 366 g/mol. The van der Waals surface area contributed by atoms with Gasteiger partial charge in [-0.05, 0) is 44.8 Å². The van der Waals surface area contributed by atoms with Gasteiger partial charge in [0.2, 0.25) is 5.13 Å². The second-order valence-electron chi connectivity index (χ2n) is 5.98. The van der Waals surface area contributed by atoms with E-state index in [0.717, 1.165) is 15.3 Å². The molecule has 2 aromatic heterocycles. The lowest BCUT2D eigenvalue weighted by Crippen LogP contribution is -2.13. The van der Waals surface area contributed by atoms with E-state index in [9.17, 15) is 4.79 Å². The number of carbonyl (C=O) groups excluding carboxylic acids is 1. The van der Waals surface area contributed by atoms with Gasteiger partial charge in [-0.1, -0.05) is 12.1 Å². The van der Waals surface area contributed by atoms with Crippen molar-refractivity contribution in [3.63, 3.8) is 0 Å². The van der Waals surface area contributed by atoms with Gasteiger partial charge in [-0.3, -0.25) is 10.1 Å². The number of hydrogen-bond donors (Lipinski definition) is 1. The highest BCUT2D eigenvalue weighted by Crippen LogP contribution is 2.32. The zero-order chi connectivity index (χ0) is 18.7. The molecule has 3 rings (SSSR count). The van der Waals surface area contributed by atoms with Crippen molar-refractivity contribution in [1.82, 2.24) is 14.3 Å². The maximum atomic E-state index is 12.6. The number of anilines is 1. The van der Waals surface area contributed by atoms with Gasteiger partial charge in [-0.25, -0.2) is 4.98 Å². The van der Waals surface area contributed by atoms with Crippen LogP contribution in [-0.4, -0.2) is 34.3 Å². The van der Waals surface area contributed by atoms with Crippen LogP contribution >= 0.6 is 22.9 Å². The summed E-state index contributed by atoms with van der Waals surface area (Å²) in [6, 6.07) is 11.4. The average Bonchev–Trinajstić information content (AvgIpc) is 3.20. The average molecular weight is 384 g/mol. The number of nitrogens with one attached hydrogen (secondary N) is 1. The zero-order valence-electron chi connectivity index (χ0n) is 14.6. The van der Waals surface area contributed by atoms with Crippen molar-refractivity contribution in [2.75, 3.05) is 19.4 Å². The molecule has 0 aliphatic heterocycles. The van der Waals surface area contributed by atoms with E-state index in [4.69, 9.17) is 5.26 Å². The number of nitrogens with zero attached hydrogens (tertiary/aromatic N) is 4. The first-order chi connectivity index (χ1) is 12.5. The van der Waals surface area contributed by atoms with E-state index in [1.807, 2.05) is 50.2 Å². The molecule has 0 aliphatic carbocycles. The minimum atomic E-state index is -0.200. The summed E-state index contributed by atoms with van der Waals surface area (Å²) < 4.78 is 4.24. The highest BCUT2D eigenvalue weighted by molar-refractivity contribution is 7.15. The van der Waals surface area contributed by atoms with E-state index >= 15 is 0 Å². The number of amides is 1. The summed E-state index contributed by atoms with van der Waals surface area (Å²) in [5.74, 6) is 0.486. The number of nitriles is 1. The van der Waals surface area contributed by atoms with Crippen LogP contribution in [0.2, 0.25) is 0 Å². The lowest BCUT2D eigenvalue weighted by Gasteiger charge is -2.04. The highest BCUT2D eigenvalue weighted by Gasteiger charge is 2.16. The Morgan fingerprint density at radius 1 is 1.35 bits per heavy atom. The van der Waals surface area contributed by atoms with Crippen LogP contribution in [0.25, 0.3) is 10.4 Å². The monoisotopic (exact) mass is 383 g/mol. The van der Waals surface area contributed by atoms with Gasteiger partial charge < -0.3 is 4.90 Å². The third-order valence-electron chi connectivity index (χ3n) is 3.58. The van der Waals surface area contributed by atoms with Crippen molar-refractivity contribution in [3.05, 3.63) is 52.2 Å². The van der Waals surface area contributed by atoms with Gasteiger partial charge in [0.05, 0.1) is 23.7 Å². The molecule has 0 fully saturated rings. The van der Waals surface area contributed by atoms with Crippen molar-refractivity contribution in [2.24, 2.45) is 0 Å². The molecule has 1 aromatic carbocycles. The van der Waals surface area contributed by atoms with Crippen LogP contribution in [0.1, 0.15) is 26.6 Å². The Balaban J connectivity index is 1.79. The summed E-state index contributed by atoms with van der Waals surface area (Å²) in [5, 5.41) is 12.4. The largest absolute Gasteiger partial charge is 0.302 e. The Kier molecular flexibility index (Phi) is 5.42. The zero-order valence-corrected chi connectivity index (χ0v) is 16.2. The van der Waals surface area contributed by atoms with Crippen LogP contribution in [0.4, 0.5) is 5.13 Å². The molecule has 0 saturated heterocycles. The van der Waals surface area contributed by atoms with Crippen LogP contribution in [0.5, 0.6) is 0 Å². The molecule has 1 N–H and O–H groups in total. The molecule has 0 unspecified atom stereocenters. The number of carbonyl (C=O) groups is 1. The Bertz CT molecular complexity index is 984. The maximum absolute atomic E-state index is 12.6. The fourth-order valence-electron chi connectivity index (χ4n) is 2.41. The lowest BCUT2D eigenvalue weighted by atomic mass is 10.1. The lowest BCUT2D eigenvalue weighted by molar-refractivity contribution is 0.102. The van der Waals surface area contributed by atoms with Gasteiger partial charge >= 0.3 is 0 Å². The molecule has 8 heteroatoms. The Hall–Kier alpha value is -2.60. The van der Waals surface area contributed by atoms with E-state index in [2.05, 4.69) is 20.7 Å². The predicted octanol–water partition coefficient (Wildman–Crippen LogP) is 3.76. The standard InChI is InChI=1S/C18H17N5OS2/c1-11-14(8-15(25-11)13-6-4-5-12(7-13)9-19)17(24)21-18-20-16(22-26-18)10-23(2)3/h4-8H,10H2,1-3H3,(H,20,21,22,24). The third-order valence-corrected chi connectivity index (χ3v) is 5.35. The Labute approximate surface area is 159 Å². The molecule has 0 saturated carbocycles. The fraction of sp³-hybridized carbons (Fsp3) is 0.222. The van der Waals surface area contributed by atoms with E-state index in [0.29, 0.717) is 28.6 Å². The van der Waals surface area contributed by atoms with Crippen molar-refractivity contribution < 1.29 is 4.79 Å². The first kappa shape index (κ1) is 18.2. The Morgan fingerprint density at radius 3 is 2.88 bits per heavy atom. The van der Waals surface area contributed by atoms with Gasteiger partial charge in [0, 0.05) is 21.3 Å². The second kappa shape index (κ2) is 7.74. The molecule has 1 amide bonds. The molecule has 6 nitrogen and oxygen atoms in total. The molecular formula is C18H17N5OS2. The van der Waals surface area contributed by atoms with Crippen LogP contribution in [-0.2, 0) is 6.54 Å². The quantitative estimate of drug-likeness (QED) is 0.725. The number of aromatic nitrogens is 2. The summed E-state index contributed by atoms with van der Waals surface area (Å²) in [4.78, 5) is 20.8. The minimum Gasteiger partial charge on any atom is -0.302 e. The summed E-state index contributed by atoms with van der Waals surface area (Å²) in [5.41, 5.74) is 2.14. The molecule has 3 aromatic rings. The van der Waals surface area contributed by atoms with Crippen molar-refractivity contribution in [2.45, 2.75) is 13.5 Å². The van der Waals surface area contributed by atoms with Crippen molar-refractivity contribution in [1.29, 1.82) is 5.26 Å². The first-order valence-electron chi connectivity index (χ1n) is 7.86. The topological polar surface area (TPSA) is 81.9 Å². The normalized spacial score (nSPS) is 10.7. The third kappa shape index (κ3) is 4.14. The maximum Gasteiger partial charge on any atom is 0.258 e. The highest BCUT2D eigenvalue weighted by atomic mass is 32.1. The van der Waals surface area contributed by atoms with Crippen LogP contribution < -0.4 is 5.32 Å². The van der Waals surface area contributed by atoms with Crippen molar-refractivity contribution >= 4 is 33.9 Å². The smallest absolute Gasteiger partial charge is 0.258 e. The molecule has 0 bridgehead atoms. The van der Waals surface area contributed by atoms with Gasteiger partial charge in [-0.15, -0.1) is 11.3 Å². The fourth-order valence-corrected chi connectivity index (χ4v) is 4.00. The number of benzene rings is 1. The molecule has 0 spiro atoms. The van der Waals surface area contributed by atoms with Gasteiger partial charge in [-0.2, -0.15) is 9.64 Å². The van der Waals surface area contributed by atoms with Crippen molar-refractivity contribution in [3.8, 4) is 16.5 Å². The predicted molar refractivity (Wildman–Crippen MR) is 104 cm³/mol. The first-order valence-corrected chi connectivity index (χ1v) is 9.45. The second-order valence-corrected chi connectivity index (χ2v) is 7.99. The van der Waals surface area contributed by atoms with Gasteiger partial charge in [0.1, 0.15) is 0 Å². The summed E-state index contributed by atoms with van der Waals surface area (Å²) in [6.45, 7) is 2.54. The van der Waals surface area contributed by atoms with E-state index < -0.39 is 0 Å². The van der Waals surface area contributed by atoms with Gasteiger partial charge in [0.25, 0.3) is 5.91 Å². The summed E-state index contributed by atoms with van der Waals surface area (Å²) >= 11 is 2.71. The van der Waals surface area contributed by atoms with Crippen LogP contribution in [0, 0.1) is 18.3 Å². The number of hydrogen-bond acceptors (Lipinski definition) is 7. The summed E-state index contributed by atoms with van der Waals surface area (Å²) in [6.07, 6.45) is 0. The molecule has 0 aliphatic rings. The van der Waals surface area contributed by atoms with E-state index in [1.165, 1.54) is 22.9 Å². The molecule has 132 valence electrons. The van der Waals surface area contributed by atoms with Crippen LogP contribution in [0.3, 0.4) is 0 Å². The SMILES string of the molecule is Cc1sc(-c2cccc(C#N)c2)cc1C(=O)Nc1nc(CN(C)C)ns1. The number of thiophene rings is 1.